The number of rotatable bonds is 27. The van der Waals surface area contributed by atoms with E-state index in [0.29, 0.717) is 12.8 Å². The first-order valence-corrected chi connectivity index (χ1v) is 17.8. The minimum absolute atomic E-state index is 0.221. The summed E-state index contributed by atoms with van der Waals surface area (Å²) in [4.78, 5) is 25.0. The Balaban J connectivity index is 2.42. The van der Waals surface area contributed by atoms with Crippen molar-refractivity contribution < 1.29 is 49.0 Å². The molecule has 1 rings (SSSR count). The summed E-state index contributed by atoms with van der Waals surface area (Å²) in [6.45, 7) is 3.16. The molecule has 0 aromatic carbocycles. The highest BCUT2D eigenvalue weighted by atomic mass is 16.7. The molecule has 1 saturated heterocycles. The Morgan fingerprint density at radius 2 is 1.26 bits per heavy atom. The van der Waals surface area contributed by atoms with Crippen LogP contribution in [0.25, 0.3) is 0 Å². The molecule has 2 unspecified atom stereocenters. The van der Waals surface area contributed by atoms with Crippen LogP contribution in [-0.2, 0) is 28.5 Å². The highest BCUT2D eigenvalue weighted by molar-refractivity contribution is 5.70. The summed E-state index contributed by atoms with van der Waals surface area (Å²) in [5.74, 6) is -0.848. The second-order valence-electron chi connectivity index (χ2n) is 12.0. The lowest BCUT2D eigenvalue weighted by atomic mass is 9.99. The summed E-state index contributed by atoms with van der Waals surface area (Å²) in [6, 6.07) is 0. The molecular formula is C37H62O10. The molecule has 0 saturated carbocycles. The SMILES string of the molecule is CC/C=C/C=C/C=C/C=C/CCCCCCCC(=O)OC[C@@H](CO[C@H]1O[C@@H](CO)[C@@H](O)C(O)C1O)OC(=O)CCCCCCCCC. The maximum absolute atomic E-state index is 12.6. The molecular weight excluding hydrogens is 604 g/mol. The molecule has 1 heterocycles. The van der Waals surface area contributed by atoms with E-state index in [9.17, 15) is 30.0 Å². The second kappa shape index (κ2) is 28.7. The lowest BCUT2D eigenvalue weighted by Gasteiger charge is -2.39. The summed E-state index contributed by atoms with van der Waals surface area (Å²) in [5.41, 5.74) is 0. The lowest BCUT2D eigenvalue weighted by Crippen LogP contribution is -2.59. The van der Waals surface area contributed by atoms with Crippen molar-refractivity contribution in [2.24, 2.45) is 0 Å². The molecule has 10 nitrogen and oxygen atoms in total. The molecule has 0 bridgehead atoms. The molecule has 0 aliphatic carbocycles. The predicted octanol–water partition coefficient (Wildman–Crippen LogP) is 5.76. The minimum Gasteiger partial charge on any atom is -0.462 e. The number of hydrogen-bond acceptors (Lipinski definition) is 10. The van der Waals surface area contributed by atoms with Crippen LogP contribution in [0.3, 0.4) is 0 Å². The van der Waals surface area contributed by atoms with Gasteiger partial charge in [0, 0.05) is 12.8 Å². The zero-order valence-corrected chi connectivity index (χ0v) is 28.8. The van der Waals surface area contributed by atoms with Gasteiger partial charge in [-0.25, -0.2) is 0 Å². The number of allylic oxidation sites excluding steroid dienone is 8. The Kier molecular flexibility index (Phi) is 26.0. The van der Waals surface area contributed by atoms with Crippen LogP contribution in [0.5, 0.6) is 0 Å². The molecule has 0 spiro atoms. The maximum atomic E-state index is 12.6. The maximum Gasteiger partial charge on any atom is 0.306 e. The average molecular weight is 667 g/mol. The first-order valence-electron chi connectivity index (χ1n) is 17.8. The van der Waals surface area contributed by atoms with Gasteiger partial charge in [-0.05, 0) is 32.1 Å². The fraction of sp³-hybridized carbons (Fsp3) is 0.730. The van der Waals surface area contributed by atoms with Gasteiger partial charge >= 0.3 is 11.9 Å². The standard InChI is InChI=1S/C37H62O10/c1-3-5-7-9-11-12-13-14-15-16-17-18-20-21-23-25-32(39)44-28-30(46-33(40)26-24-22-19-10-8-6-4-2)29-45-37-36(43)35(42)34(41)31(27-38)47-37/h5,7,9,11-15,30-31,34-38,41-43H,3-4,6,8,10,16-29H2,1-2H3/b7-5+,11-9+,13-12+,15-14+/t30-,31-,34+,35?,36?,37-/m0/s1. The Labute approximate surface area is 282 Å². The fourth-order valence-corrected chi connectivity index (χ4v) is 4.96. The van der Waals surface area contributed by atoms with Crippen LogP contribution >= 0.6 is 0 Å². The topological polar surface area (TPSA) is 152 Å². The molecule has 1 aliphatic heterocycles. The number of aliphatic hydroxyl groups excluding tert-OH is 4. The lowest BCUT2D eigenvalue weighted by molar-refractivity contribution is -0.305. The second-order valence-corrected chi connectivity index (χ2v) is 12.0. The predicted molar refractivity (Wildman–Crippen MR) is 182 cm³/mol. The van der Waals surface area contributed by atoms with E-state index in [4.69, 9.17) is 18.9 Å². The van der Waals surface area contributed by atoms with E-state index in [0.717, 1.165) is 57.8 Å². The van der Waals surface area contributed by atoms with E-state index in [1.54, 1.807) is 0 Å². The number of ether oxygens (including phenoxy) is 4. The number of carbonyl (C=O) groups excluding carboxylic acids is 2. The van der Waals surface area contributed by atoms with Crippen LogP contribution in [0.1, 0.15) is 117 Å². The van der Waals surface area contributed by atoms with E-state index in [-0.39, 0.29) is 26.1 Å². The smallest absolute Gasteiger partial charge is 0.306 e. The molecule has 1 fully saturated rings. The van der Waals surface area contributed by atoms with Crippen molar-refractivity contribution in [3.05, 3.63) is 48.6 Å². The van der Waals surface area contributed by atoms with Crippen molar-refractivity contribution in [1.82, 2.24) is 0 Å². The molecule has 47 heavy (non-hydrogen) atoms. The molecule has 270 valence electrons. The van der Waals surface area contributed by atoms with Gasteiger partial charge in [0.25, 0.3) is 0 Å². The van der Waals surface area contributed by atoms with Crippen molar-refractivity contribution >= 4 is 11.9 Å². The fourth-order valence-electron chi connectivity index (χ4n) is 4.96. The van der Waals surface area contributed by atoms with E-state index >= 15 is 0 Å². The van der Waals surface area contributed by atoms with E-state index in [2.05, 4.69) is 32.1 Å². The van der Waals surface area contributed by atoms with Gasteiger partial charge in [-0.2, -0.15) is 0 Å². The monoisotopic (exact) mass is 666 g/mol. The highest BCUT2D eigenvalue weighted by Crippen LogP contribution is 2.22. The van der Waals surface area contributed by atoms with Crippen LogP contribution in [0.15, 0.2) is 48.6 Å². The number of hydrogen-bond donors (Lipinski definition) is 4. The van der Waals surface area contributed by atoms with Gasteiger partial charge in [0.2, 0.25) is 0 Å². The molecule has 0 aromatic heterocycles. The van der Waals surface area contributed by atoms with Crippen molar-refractivity contribution in [2.45, 2.75) is 153 Å². The largest absolute Gasteiger partial charge is 0.462 e. The Hall–Kier alpha value is -2.34. The Morgan fingerprint density at radius 1 is 0.681 bits per heavy atom. The molecule has 0 radical (unpaired) electrons. The summed E-state index contributed by atoms with van der Waals surface area (Å²) in [7, 11) is 0. The normalized spacial score (nSPS) is 22.6. The van der Waals surface area contributed by atoms with E-state index in [1.807, 2.05) is 30.4 Å². The van der Waals surface area contributed by atoms with Gasteiger partial charge in [-0.15, -0.1) is 0 Å². The van der Waals surface area contributed by atoms with Crippen LogP contribution in [0.2, 0.25) is 0 Å². The number of carbonyl (C=O) groups is 2. The summed E-state index contributed by atoms with van der Waals surface area (Å²) in [5, 5.41) is 39.7. The molecule has 0 aromatic rings. The Morgan fingerprint density at radius 3 is 1.89 bits per heavy atom. The van der Waals surface area contributed by atoms with Gasteiger partial charge in [-0.1, -0.05) is 120 Å². The quantitative estimate of drug-likeness (QED) is 0.0484. The van der Waals surface area contributed by atoms with Gasteiger partial charge in [0.15, 0.2) is 12.4 Å². The van der Waals surface area contributed by atoms with Gasteiger partial charge in [0.05, 0.1) is 13.2 Å². The minimum atomic E-state index is -1.60. The van der Waals surface area contributed by atoms with Crippen LogP contribution in [0.4, 0.5) is 0 Å². The highest BCUT2D eigenvalue weighted by Gasteiger charge is 2.44. The van der Waals surface area contributed by atoms with Gasteiger partial charge in [0.1, 0.15) is 31.0 Å². The van der Waals surface area contributed by atoms with Crippen molar-refractivity contribution in [3.8, 4) is 0 Å². The number of aliphatic hydroxyl groups is 4. The third-order valence-electron chi connectivity index (χ3n) is 7.82. The van der Waals surface area contributed by atoms with E-state index in [1.165, 1.54) is 19.3 Å². The third-order valence-corrected chi connectivity index (χ3v) is 7.82. The molecule has 1 aliphatic rings. The van der Waals surface area contributed by atoms with Crippen molar-refractivity contribution in [2.75, 3.05) is 19.8 Å². The van der Waals surface area contributed by atoms with E-state index < -0.39 is 55.4 Å². The zero-order valence-electron chi connectivity index (χ0n) is 28.8. The summed E-state index contributed by atoms with van der Waals surface area (Å²) >= 11 is 0. The van der Waals surface area contributed by atoms with Crippen LogP contribution in [0, 0.1) is 0 Å². The molecule has 4 N–H and O–H groups in total. The van der Waals surface area contributed by atoms with Crippen molar-refractivity contribution in [3.63, 3.8) is 0 Å². The van der Waals surface area contributed by atoms with Crippen LogP contribution in [-0.4, -0.2) is 89.0 Å². The molecule has 6 atom stereocenters. The van der Waals surface area contributed by atoms with Gasteiger partial charge in [-0.3, -0.25) is 9.59 Å². The zero-order chi connectivity index (χ0) is 34.5. The average Bonchev–Trinajstić information content (AvgIpc) is 3.06. The third kappa shape index (κ3) is 21.3. The first kappa shape index (κ1) is 42.7. The van der Waals surface area contributed by atoms with Crippen LogP contribution < -0.4 is 0 Å². The molecule has 0 amide bonds. The summed E-state index contributed by atoms with van der Waals surface area (Å²) < 4.78 is 21.9. The summed E-state index contributed by atoms with van der Waals surface area (Å²) in [6.07, 6.45) is 22.9. The van der Waals surface area contributed by atoms with Gasteiger partial charge < -0.3 is 39.4 Å². The Bertz CT molecular complexity index is 913. The molecule has 10 heteroatoms. The first-order chi connectivity index (χ1) is 22.8. The number of unbranched alkanes of at least 4 members (excludes halogenated alkanes) is 11. The number of esters is 2. The van der Waals surface area contributed by atoms with Crippen molar-refractivity contribution in [1.29, 1.82) is 0 Å².